The Bertz CT molecular complexity index is 476. The minimum Gasteiger partial charge on any atom is -0.310 e. The number of hydrogen-bond donors (Lipinski definition) is 1. The summed E-state index contributed by atoms with van der Waals surface area (Å²) in [6.07, 6.45) is 4.38. The van der Waals surface area contributed by atoms with E-state index in [1.165, 1.54) is 23.8 Å². The third kappa shape index (κ3) is 2.71. The SMILES string of the molecule is Cl.Cl.c1cc([C@@H]2CCCN2)c2cccnc2c1. The summed E-state index contributed by atoms with van der Waals surface area (Å²) < 4.78 is 0. The first-order valence-electron chi connectivity index (χ1n) is 5.52. The Labute approximate surface area is 114 Å². The molecule has 0 spiro atoms. The highest BCUT2D eigenvalue weighted by Gasteiger charge is 2.17. The zero-order valence-electron chi connectivity index (χ0n) is 9.43. The molecule has 0 amide bonds. The lowest BCUT2D eigenvalue weighted by Gasteiger charge is -2.12. The Morgan fingerprint density at radius 2 is 2.00 bits per heavy atom. The molecule has 1 aliphatic rings. The van der Waals surface area contributed by atoms with Gasteiger partial charge in [0.15, 0.2) is 0 Å². The number of fused-ring (bicyclic) bond motifs is 1. The second-order valence-electron chi connectivity index (χ2n) is 4.07. The lowest BCUT2D eigenvalue weighted by molar-refractivity contribution is 0.653. The fraction of sp³-hybridized carbons (Fsp3) is 0.308. The number of nitrogens with zero attached hydrogens (tertiary/aromatic N) is 1. The van der Waals surface area contributed by atoms with Crippen molar-refractivity contribution in [3.05, 3.63) is 42.1 Å². The van der Waals surface area contributed by atoms with Crippen LogP contribution in [-0.4, -0.2) is 11.5 Å². The molecule has 0 saturated carbocycles. The van der Waals surface area contributed by atoms with Crippen LogP contribution in [0.3, 0.4) is 0 Å². The van der Waals surface area contributed by atoms with Crippen LogP contribution >= 0.6 is 24.8 Å². The highest BCUT2D eigenvalue weighted by molar-refractivity contribution is 5.85. The molecule has 0 radical (unpaired) electrons. The van der Waals surface area contributed by atoms with Crippen molar-refractivity contribution in [3.63, 3.8) is 0 Å². The first-order chi connectivity index (χ1) is 7.45. The molecule has 2 nitrogen and oxygen atoms in total. The van der Waals surface area contributed by atoms with E-state index in [0.29, 0.717) is 6.04 Å². The van der Waals surface area contributed by atoms with E-state index in [-0.39, 0.29) is 24.8 Å². The van der Waals surface area contributed by atoms with Crippen molar-refractivity contribution in [1.29, 1.82) is 0 Å². The maximum atomic E-state index is 4.39. The molecule has 1 aliphatic heterocycles. The predicted molar refractivity (Wildman–Crippen MR) is 76.2 cm³/mol. The molecule has 3 rings (SSSR count). The van der Waals surface area contributed by atoms with Crippen LogP contribution < -0.4 is 5.32 Å². The van der Waals surface area contributed by atoms with Gasteiger partial charge in [-0.1, -0.05) is 18.2 Å². The van der Waals surface area contributed by atoms with Gasteiger partial charge in [-0.05, 0) is 37.1 Å². The molecule has 0 aliphatic carbocycles. The largest absolute Gasteiger partial charge is 0.310 e. The van der Waals surface area contributed by atoms with Crippen LogP contribution in [0.1, 0.15) is 24.4 Å². The average Bonchev–Trinajstić information content (AvgIpc) is 2.82. The topological polar surface area (TPSA) is 24.9 Å². The summed E-state index contributed by atoms with van der Waals surface area (Å²) in [6, 6.07) is 11.1. The van der Waals surface area contributed by atoms with Crippen molar-refractivity contribution >= 4 is 35.7 Å². The van der Waals surface area contributed by atoms with Crippen LogP contribution in [0.5, 0.6) is 0 Å². The van der Waals surface area contributed by atoms with Gasteiger partial charge < -0.3 is 5.32 Å². The number of halogens is 2. The van der Waals surface area contributed by atoms with Crippen LogP contribution in [-0.2, 0) is 0 Å². The minimum atomic E-state index is 0. The van der Waals surface area contributed by atoms with E-state index >= 15 is 0 Å². The van der Waals surface area contributed by atoms with Gasteiger partial charge in [0.1, 0.15) is 0 Å². The summed E-state index contributed by atoms with van der Waals surface area (Å²) in [5.41, 5.74) is 2.50. The highest BCUT2D eigenvalue weighted by atomic mass is 35.5. The predicted octanol–water partition coefficient (Wildman–Crippen LogP) is 3.50. The normalized spacial score (nSPS) is 18.5. The summed E-state index contributed by atoms with van der Waals surface area (Å²) in [5, 5.41) is 4.83. The van der Waals surface area contributed by atoms with Crippen LogP contribution in [0.15, 0.2) is 36.5 Å². The fourth-order valence-electron chi connectivity index (χ4n) is 2.38. The monoisotopic (exact) mass is 270 g/mol. The van der Waals surface area contributed by atoms with Crippen molar-refractivity contribution < 1.29 is 0 Å². The Hall–Kier alpha value is -0.830. The molecule has 0 unspecified atom stereocenters. The molecule has 1 atom stereocenters. The summed E-state index contributed by atoms with van der Waals surface area (Å²) in [6.45, 7) is 1.14. The van der Waals surface area contributed by atoms with E-state index in [4.69, 9.17) is 0 Å². The fourth-order valence-corrected chi connectivity index (χ4v) is 2.38. The van der Waals surface area contributed by atoms with Gasteiger partial charge in [0, 0.05) is 17.6 Å². The van der Waals surface area contributed by atoms with E-state index in [2.05, 4.69) is 34.6 Å². The standard InChI is InChI=1S/C13H14N2.2ClH/c1-4-10(13-7-3-9-15-13)11-5-2-8-14-12(11)6-1;;/h1-2,4-6,8,13,15H,3,7,9H2;2*1H/t13-;;/m0../s1. The van der Waals surface area contributed by atoms with Crippen molar-refractivity contribution in [1.82, 2.24) is 10.3 Å². The van der Waals surface area contributed by atoms with Gasteiger partial charge in [-0.2, -0.15) is 0 Å². The van der Waals surface area contributed by atoms with Crippen LogP contribution in [0.2, 0.25) is 0 Å². The smallest absolute Gasteiger partial charge is 0.0705 e. The van der Waals surface area contributed by atoms with Gasteiger partial charge in [0.05, 0.1) is 5.52 Å². The van der Waals surface area contributed by atoms with Crippen LogP contribution in [0.25, 0.3) is 10.9 Å². The molecule has 0 bridgehead atoms. The maximum absolute atomic E-state index is 4.39. The molecule has 1 fully saturated rings. The lowest BCUT2D eigenvalue weighted by atomic mass is 10.0. The molecule has 92 valence electrons. The van der Waals surface area contributed by atoms with Crippen molar-refractivity contribution in [2.45, 2.75) is 18.9 Å². The highest BCUT2D eigenvalue weighted by Crippen LogP contribution is 2.28. The number of rotatable bonds is 1. The molecule has 1 aromatic carbocycles. The molecular weight excluding hydrogens is 255 g/mol. The van der Waals surface area contributed by atoms with Gasteiger partial charge in [-0.3, -0.25) is 4.98 Å². The quantitative estimate of drug-likeness (QED) is 0.858. The van der Waals surface area contributed by atoms with Gasteiger partial charge in [0.25, 0.3) is 0 Å². The molecule has 1 aromatic heterocycles. The third-order valence-electron chi connectivity index (χ3n) is 3.12. The lowest BCUT2D eigenvalue weighted by Crippen LogP contribution is -2.13. The van der Waals surface area contributed by atoms with Crippen molar-refractivity contribution in [3.8, 4) is 0 Å². The summed E-state index contributed by atoms with van der Waals surface area (Å²) in [7, 11) is 0. The summed E-state index contributed by atoms with van der Waals surface area (Å²) in [4.78, 5) is 4.39. The van der Waals surface area contributed by atoms with Gasteiger partial charge >= 0.3 is 0 Å². The number of aromatic nitrogens is 1. The molecule has 1 N–H and O–H groups in total. The van der Waals surface area contributed by atoms with Crippen LogP contribution in [0.4, 0.5) is 0 Å². The van der Waals surface area contributed by atoms with E-state index in [1.807, 2.05) is 12.3 Å². The van der Waals surface area contributed by atoms with E-state index in [9.17, 15) is 0 Å². The second kappa shape index (κ2) is 6.20. The van der Waals surface area contributed by atoms with Crippen molar-refractivity contribution in [2.24, 2.45) is 0 Å². The Balaban J connectivity index is 0.000000722. The molecule has 2 heterocycles. The number of nitrogens with one attached hydrogen (secondary N) is 1. The summed E-state index contributed by atoms with van der Waals surface area (Å²) in [5.74, 6) is 0. The first-order valence-corrected chi connectivity index (χ1v) is 5.52. The van der Waals surface area contributed by atoms with Crippen LogP contribution in [0, 0.1) is 0 Å². The Kier molecular flexibility index (Phi) is 5.19. The molecular formula is C13H16Cl2N2. The first kappa shape index (κ1) is 14.2. The Morgan fingerprint density at radius 1 is 1.12 bits per heavy atom. The molecule has 2 aromatic rings. The van der Waals surface area contributed by atoms with Gasteiger partial charge in [-0.15, -0.1) is 24.8 Å². The summed E-state index contributed by atoms with van der Waals surface area (Å²) >= 11 is 0. The zero-order valence-corrected chi connectivity index (χ0v) is 11.1. The molecule has 1 saturated heterocycles. The minimum absolute atomic E-state index is 0. The molecule has 17 heavy (non-hydrogen) atoms. The number of hydrogen-bond acceptors (Lipinski definition) is 2. The van der Waals surface area contributed by atoms with Gasteiger partial charge in [0.2, 0.25) is 0 Å². The molecule has 4 heteroatoms. The number of pyridine rings is 1. The maximum Gasteiger partial charge on any atom is 0.0705 e. The van der Waals surface area contributed by atoms with Gasteiger partial charge in [-0.25, -0.2) is 0 Å². The van der Waals surface area contributed by atoms with E-state index in [1.54, 1.807) is 0 Å². The average molecular weight is 271 g/mol. The zero-order chi connectivity index (χ0) is 10.1. The Morgan fingerprint density at radius 3 is 2.76 bits per heavy atom. The number of benzene rings is 1. The second-order valence-corrected chi connectivity index (χ2v) is 4.07. The van der Waals surface area contributed by atoms with Crippen molar-refractivity contribution in [2.75, 3.05) is 6.54 Å². The van der Waals surface area contributed by atoms with E-state index < -0.39 is 0 Å². The third-order valence-corrected chi connectivity index (χ3v) is 3.12. The van der Waals surface area contributed by atoms with E-state index in [0.717, 1.165) is 12.1 Å².